The number of rotatable bonds is 9. The first-order valence-electron chi connectivity index (χ1n) is 13.2. The lowest BCUT2D eigenvalue weighted by Gasteiger charge is -2.21. The predicted octanol–water partition coefficient (Wildman–Crippen LogP) is 7.26. The highest BCUT2D eigenvalue weighted by Gasteiger charge is 2.31. The Kier molecular flexibility index (Phi) is 9.17. The number of H-pyrrole nitrogens is 1. The predicted molar refractivity (Wildman–Crippen MR) is 165 cm³/mol. The third-order valence-corrected chi connectivity index (χ3v) is 7.44. The van der Waals surface area contributed by atoms with Crippen LogP contribution in [0.25, 0.3) is 22.4 Å². The van der Waals surface area contributed by atoms with Crippen molar-refractivity contribution in [1.82, 2.24) is 20.2 Å². The third kappa shape index (κ3) is 7.01. The highest BCUT2D eigenvalue weighted by molar-refractivity contribution is 14.1. The Hall–Kier alpha value is -4.47. The molecule has 2 N–H and O–H groups in total. The van der Waals surface area contributed by atoms with E-state index in [9.17, 15) is 22.4 Å². The third-order valence-electron chi connectivity index (χ3n) is 6.66. The SMILES string of the molecule is COc1cc(CC(F)(F)F)c(-c2nc(NCc3ccccc3N(C)C(=O)OCc3ccccc3)c3c(I)[nH]nc3n2)cc1F. The summed E-state index contributed by atoms with van der Waals surface area (Å²) in [6.45, 7) is 0.263. The van der Waals surface area contributed by atoms with Crippen molar-refractivity contribution in [2.24, 2.45) is 0 Å². The second kappa shape index (κ2) is 13.0. The molecule has 0 spiro atoms. The van der Waals surface area contributed by atoms with Crippen LogP contribution in [-0.4, -0.2) is 46.6 Å². The summed E-state index contributed by atoms with van der Waals surface area (Å²) >= 11 is 2.01. The van der Waals surface area contributed by atoms with Gasteiger partial charge < -0.3 is 14.8 Å². The largest absolute Gasteiger partial charge is 0.494 e. The van der Waals surface area contributed by atoms with Gasteiger partial charge in [0.2, 0.25) is 0 Å². The van der Waals surface area contributed by atoms with Crippen molar-refractivity contribution in [3.05, 3.63) is 92.9 Å². The average molecular weight is 720 g/mol. The molecule has 0 unspecified atom stereocenters. The molecule has 228 valence electrons. The van der Waals surface area contributed by atoms with Crippen LogP contribution in [0.1, 0.15) is 16.7 Å². The molecule has 2 heterocycles. The Bertz CT molecular complexity index is 1800. The molecule has 0 saturated carbocycles. The molecule has 9 nitrogen and oxygen atoms in total. The van der Waals surface area contributed by atoms with E-state index in [1.165, 1.54) is 12.0 Å². The van der Waals surface area contributed by atoms with Crippen LogP contribution in [0, 0.1) is 9.52 Å². The van der Waals surface area contributed by atoms with E-state index in [2.05, 4.69) is 25.5 Å². The Morgan fingerprint density at radius 1 is 1.05 bits per heavy atom. The zero-order valence-electron chi connectivity index (χ0n) is 23.4. The number of aromatic nitrogens is 4. The van der Waals surface area contributed by atoms with Gasteiger partial charge in [-0.25, -0.2) is 19.2 Å². The van der Waals surface area contributed by atoms with Crippen molar-refractivity contribution >= 4 is 51.2 Å². The summed E-state index contributed by atoms with van der Waals surface area (Å²) in [5, 5.41) is 10.7. The van der Waals surface area contributed by atoms with Gasteiger partial charge in [0.25, 0.3) is 0 Å². The van der Waals surface area contributed by atoms with Gasteiger partial charge in [-0.15, -0.1) is 0 Å². The van der Waals surface area contributed by atoms with Crippen LogP contribution in [0.2, 0.25) is 0 Å². The summed E-state index contributed by atoms with van der Waals surface area (Å²) < 4.78 is 66.1. The van der Waals surface area contributed by atoms with Crippen molar-refractivity contribution in [3.63, 3.8) is 0 Å². The Balaban J connectivity index is 1.45. The number of fused-ring (bicyclic) bond motifs is 1. The first kappa shape index (κ1) is 31.0. The van der Waals surface area contributed by atoms with Gasteiger partial charge in [-0.1, -0.05) is 48.5 Å². The molecule has 2 aromatic heterocycles. The number of amides is 1. The van der Waals surface area contributed by atoms with E-state index in [0.717, 1.165) is 17.7 Å². The molecule has 0 aliphatic heterocycles. The minimum absolute atomic E-state index is 0.104. The Morgan fingerprint density at radius 3 is 2.50 bits per heavy atom. The number of ether oxygens (including phenoxy) is 2. The van der Waals surface area contributed by atoms with Gasteiger partial charge >= 0.3 is 12.3 Å². The minimum Gasteiger partial charge on any atom is -0.494 e. The molecule has 0 atom stereocenters. The number of alkyl halides is 3. The smallest absolute Gasteiger partial charge is 0.414 e. The van der Waals surface area contributed by atoms with Crippen molar-refractivity contribution < 1.29 is 31.8 Å². The molecular weight excluding hydrogens is 695 g/mol. The van der Waals surface area contributed by atoms with E-state index >= 15 is 0 Å². The summed E-state index contributed by atoms with van der Waals surface area (Å²) in [7, 11) is 2.76. The summed E-state index contributed by atoms with van der Waals surface area (Å²) in [4.78, 5) is 23.1. The number of para-hydroxylation sites is 1. The van der Waals surface area contributed by atoms with Gasteiger partial charge in [0.15, 0.2) is 23.0 Å². The normalized spacial score (nSPS) is 11.4. The van der Waals surface area contributed by atoms with E-state index < -0.39 is 24.5 Å². The maximum absolute atomic E-state index is 14.7. The van der Waals surface area contributed by atoms with E-state index in [0.29, 0.717) is 20.3 Å². The lowest BCUT2D eigenvalue weighted by atomic mass is 10.0. The van der Waals surface area contributed by atoms with Gasteiger partial charge in [-0.05, 0) is 57.5 Å². The number of carbonyl (C=O) groups is 1. The quantitative estimate of drug-likeness (QED) is 0.122. The zero-order chi connectivity index (χ0) is 31.4. The summed E-state index contributed by atoms with van der Waals surface area (Å²) in [5.41, 5.74) is 1.88. The van der Waals surface area contributed by atoms with Crippen LogP contribution in [0.15, 0.2) is 66.7 Å². The number of anilines is 2. The standard InChI is InChI=1S/C30H25F4IN6O3/c1-41(29(42)44-16-17-8-4-3-5-9-17)22-11-7-6-10-18(22)15-36-27-24-25(35)39-40-28(24)38-26(37-27)20-13-21(31)23(43-2)12-19(20)14-30(32,33)34/h3-13H,14-16H2,1-2H3,(H2,36,37,38,39,40). The van der Waals surface area contributed by atoms with Crippen molar-refractivity contribution in [1.29, 1.82) is 0 Å². The van der Waals surface area contributed by atoms with E-state index in [1.807, 2.05) is 59.0 Å². The number of benzene rings is 3. The van der Waals surface area contributed by atoms with E-state index in [4.69, 9.17) is 9.47 Å². The number of halogens is 5. The molecule has 0 bridgehead atoms. The first-order chi connectivity index (χ1) is 21.0. The van der Waals surface area contributed by atoms with E-state index in [-0.39, 0.29) is 47.3 Å². The zero-order valence-corrected chi connectivity index (χ0v) is 25.5. The van der Waals surface area contributed by atoms with Gasteiger partial charge in [0.05, 0.1) is 24.6 Å². The number of carbonyl (C=O) groups excluding carboxylic acids is 1. The second-order valence-corrected chi connectivity index (χ2v) is 10.7. The minimum atomic E-state index is -4.58. The topological polar surface area (TPSA) is 105 Å². The number of hydrogen-bond donors (Lipinski definition) is 2. The van der Waals surface area contributed by atoms with Crippen molar-refractivity contribution in [3.8, 4) is 17.1 Å². The Morgan fingerprint density at radius 2 is 1.77 bits per heavy atom. The summed E-state index contributed by atoms with van der Waals surface area (Å²) in [6.07, 6.45) is -6.49. The maximum atomic E-state index is 14.7. The molecule has 5 rings (SSSR count). The molecule has 0 aliphatic rings. The average Bonchev–Trinajstić information content (AvgIpc) is 3.39. The lowest BCUT2D eigenvalue weighted by molar-refractivity contribution is -0.127. The van der Waals surface area contributed by atoms with Gasteiger partial charge in [0.1, 0.15) is 16.1 Å². The number of nitrogens with zero attached hydrogens (tertiary/aromatic N) is 4. The second-order valence-electron chi connectivity index (χ2n) is 9.65. The molecule has 0 radical (unpaired) electrons. The lowest BCUT2D eigenvalue weighted by Crippen LogP contribution is -2.28. The number of hydrogen-bond acceptors (Lipinski definition) is 7. The van der Waals surface area contributed by atoms with Crippen LogP contribution < -0.4 is 15.0 Å². The highest BCUT2D eigenvalue weighted by Crippen LogP contribution is 2.35. The fraction of sp³-hybridized carbons (Fsp3) is 0.200. The number of nitrogens with one attached hydrogen (secondary N) is 2. The molecule has 44 heavy (non-hydrogen) atoms. The monoisotopic (exact) mass is 720 g/mol. The maximum Gasteiger partial charge on any atom is 0.414 e. The molecule has 0 saturated heterocycles. The molecule has 1 amide bonds. The fourth-order valence-corrected chi connectivity index (χ4v) is 5.16. The molecule has 14 heteroatoms. The molecule has 0 aliphatic carbocycles. The molecule has 0 fully saturated rings. The van der Waals surface area contributed by atoms with Crippen LogP contribution in [0.5, 0.6) is 5.75 Å². The van der Waals surface area contributed by atoms with Gasteiger partial charge in [0, 0.05) is 19.2 Å². The van der Waals surface area contributed by atoms with Crippen molar-refractivity contribution in [2.45, 2.75) is 25.7 Å². The van der Waals surface area contributed by atoms with Crippen LogP contribution >= 0.6 is 22.6 Å². The van der Waals surface area contributed by atoms with Crippen LogP contribution in [-0.2, 0) is 24.3 Å². The summed E-state index contributed by atoms with van der Waals surface area (Å²) in [6, 6.07) is 18.4. The Labute approximate surface area is 262 Å². The van der Waals surface area contributed by atoms with Gasteiger partial charge in [-0.3, -0.25) is 10.00 Å². The van der Waals surface area contributed by atoms with Crippen LogP contribution in [0.3, 0.4) is 0 Å². The van der Waals surface area contributed by atoms with Gasteiger partial charge in [-0.2, -0.15) is 18.3 Å². The molecular formula is C30H25F4IN6O3. The van der Waals surface area contributed by atoms with Crippen molar-refractivity contribution in [2.75, 3.05) is 24.4 Å². The number of methoxy groups -OCH3 is 1. The van der Waals surface area contributed by atoms with Crippen LogP contribution in [0.4, 0.5) is 33.9 Å². The fourth-order valence-electron chi connectivity index (χ4n) is 4.54. The summed E-state index contributed by atoms with van der Waals surface area (Å²) in [5.74, 6) is -1.09. The highest BCUT2D eigenvalue weighted by atomic mass is 127. The number of aromatic amines is 1. The molecule has 3 aromatic carbocycles. The molecule has 5 aromatic rings. The van der Waals surface area contributed by atoms with E-state index in [1.54, 1.807) is 25.2 Å². The first-order valence-corrected chi connectivity index (χ1v) is 14.2.